The van der Waals surface area contributed by atoms with Crippen molar-refractivity contribution in [3.63, 3.8) is 0 Å². The van der Waals surface area contributed by atoms with Crippen LogP contribution in [0, 0.1) is 0 Å². The van der Waals surface area contributed by atoms with Gasteiger partial charge in [0.25, 0.3) is 0 Å². The summed E-state index contributed by atoms with van der Waals surface area (Å²) in [5.41, 5.74) is 4.18. The summed E-state index contributed by atoms with van der Waals surface area (Å²) < 4.78 is 22.6. The van der Waals surface area contributed by atoms with Gasteiger partial charge in [-0.1, -0.05) is 35.8 Å². The van der Waals surface area contributed by atoms with Crippen LogP contribution in [-0.2, 0) is 18.9 Å². The van der Waals surface area contributed by atoms with Gasteiger partial charge < -0.3 is 39.0 Å². The molecule has 0 N–H and O–H groups in total. The summed E-state index contributed by atoms with van der Waals surface area (Å²) in [6.07, 6.45) is 0. The Kier molecular flexibility index (Phi) is 16.9. The van der Waals surface area contributed by atoms with Crippen molar-refractivity contribution in [2.45, 2.75) is 0 Å². The van der Waals surface area contributed by atoms with Crippen molar-refractivity contribution in [1.29, 1.82) is 0 Å². The fraction of sp³-hybridized carbons (Fsp3) is 0.556. The van der Waals surface area contributed by atoms with Crippen molar-refractivity contribution in [3.05, 3.63) is 71.2 Å². The SMILES string of the molecule is [O-]C1=C(c2ccc(N3CCSCCOCCOCCSCC3)cc2)C([O-])=C1c1ccc(N2CCSCCOCCOCCSCC2)cc1. The molecule has 2 fully saturated rings. The minimum atomic E-state index is -0.168. The van der Waals surface area contributed by atoms with Crippen LogP contribution in [-0.4, -0.2) is 125 Å². The van der Waals surface area contributed by atoms with E-state index < -0.39 is 0 Å². The van der Waals surface area contributed by atoms with E-state index in [1.54, 1.807) is 0 Å². The number of hydrogen-bond acceptors (Lipinski definition) is 12. The highest BCUT2D eigenvalue weighted by molar-refractivity contribution is 7.99. The quantitative estimate of drug-likeness (QED) is 0.452. The van der Waals surface area contributed by atoms with Crippen molar-refractivity contribution in [1.82, 2.24) is 0 Å². The monoisotopic (exact) mass is 732 g/mol. The molecule has 2 aromatic rings. The number of ether oxygens (including phenoxy) is 4. The summed E-state index contributed by atoms with van der Waals surface area (Å²) in [4.78, 5) is 4.78. The van der Waals surface area contributed by atoms with Crippen LogP contribution in [0.5, 0.6) is 0 Å². The molecule has 2 saturated heterocycles. The second kappa shape index (κ2) is 21.5. The molecule has 0 radical (unpaired) electrons. The zero-order valence-electron chi connectivity index (χ0n) is 27.7. The van der Waals surface area contributed by atoms with Gasteiger partial charge in [-0.2, -0.15) is 47.0 Å². The van der Waals surface area contributed by atoms with Gasteiger partial charge in [0.05, 0.1) is 52.9 Å². The fourth-order valence-corrected chi connectivity index (χ4v) is 8.72. The number of anilines is 2. The molecule has 0 unspecified atom stereocenters. The predicted octanol–water partition coefficient (Wildman–Crippen LogP) is 4.18. The second-order valence-electron chi connectivity index (χ2n) is 11.4. The maximum Gasteiger partial charge on any atom is 0.0700 e. The van der Waals surface area contributed by atoms with Crippen LogP contribution < -0.4 is 20.0 Å². The molecule has 0 spiro atoms. The van der Waals surface area contributed by atoms with Gasteiger partial charge in [0.15, 0.2) is 0 Å². The molecule has 0 atom stereocenters. The first kappa shape index (κ1) is 37.6. The Morgan fingerprint density at radius 2 is 0.688 bits per heavy atom. The van der Waals surface area contributed by atoms with Crippen LogP contribution in [0.25, 0.3) is 11.1 Å². The third-order valence-corrected chi connectivity index (χ3v) is 11.9. The number of allylic oxidation sites excluding steroid dienone is 2. The van der Waals surface area contributed by atoms with Crippen molar-refractivity contribution >= 4 is 69.6 Å². The molecule has 8 nitrogen and oxygen atoms in total. The minimum Gasteiger partial charge on any atom is -0.872 e. The van der Waals surface area contributed by atoms with Crippen LogP contribution >= 0.6 is 47.0 Å². The number of nitrogens with zero attached hydrogens (tertiary/aromatic N) is 2. The van der Waals surface area contributed by atoms with Crippen molar-refractivity contribution in [2.75, 3.05) is 135 Å². The molecule has 0 aromatic heterocycles. The first-order valence-electron chi connectivity index (χ1n) is 16.9. The lowest BCUT2D eigenvalue weighted by atomic mass is 9.84. The van der Waals surface area contributed by atoms with Crippen molar-refractivity contribution < 1.29 is 29.2 Å². The minimum absolute atomic E-state index is 0.168. The lowest BCUT2D eigenvalue weighted by Gasteiger charge is -2.40. The highest BCUT2D eigenvalue weighted by Crippen LogP contribution is 2.42. The first-order chi connectivity index (χ1) is 23.7. The van der Waals surface area contributed by atoms with E-state index in [-0.39, 0.29) is 22.7 Å². The standard InChI is InChI=1S/C36H50N2O6S4/c39-35-33(29-1-5-31(6-2-29)37-9-21-45-25-17-41-13-14-42-18-26-46-22-10-37)36(40)34(35)30-3-7-32(8-4-30)38-11-23-47-27-19-43-15-16-44-20-28-48-24-12-38/h1-8,39-40H,9-28H2/p-2. The van der Waals surface area contributed by atoms with Gasteiger partial charge in [-0.05, 0) is 46.5 Å². The molecule has 2 aliphatic heterocycles. The highest BCUT2D eigenvalue weighted by Gasteiger charge is 2.20. The normalized spacial score (nSPS) is 21.4. The Labute approximate surface area is 303 Å². The first-order valence-corrected chi connectivity index (χ1v) is 21.5. The molecule has 5 rings (SSSR count). The summed E-state index contributed by atoms with van der Waals surface area (Å²) in [5, 5.41) is 26.7. The molecule has 3 aliphatic rings. The van der Waals surface area contributed by atoms with Crippen LogP contribution in [0.2, 0.25) is 0 Å². The molecule has 2 heterocycles. The zero-order chi connectivity index (χ0) is 33.2. The van der Waals surface area contributed by atoms with E-state index in [9.17, 15) is 10.2 Å². The molecule has 0 bridgehead atoms. The second-order valence-corrected chi connectivity index (χ2v) is 16.3. The van der Waals surface area contributed by atoms with Crippen LogP contribution in [0.3, 0.4) is 0 Å². The maximum atomic E-state index is 13.4. The molecule has 1 aliphatic carbocycles. The maximum absolute atomic E-state index is 13.4. The van der Waals surface area contributed by atoms with E-state index in [1.807, 2.05) is 95.6 Å². The lowest BCUT2D eigenvalue weighted by Crippen LogP contribution is -2.29. The van der Waals surface area contributed by atoms with E-state index >= 15 is 0 Å². The predicted molar refractivity (Wildman–Crippen MR) is 204 cm³/mol. The van der Waals surface area contributed by atoms with Crippen molar-refractivity contribution in [3.8, 4) is 0 Å². The van der Waals surface area contributed by atoms with Gasteiger partial charge in [0.2, 0.25) is 0 Å². The van der Waals surface area contributed by atoms with E-state index in [2.05, 4.69) is 9.80 Å². The Bertz CT molecular complexity index is 1150. The van der Waals surface area contributed by atoms with Gasteiger partial charge >= 0.3 is 0 Å². The average molecular weight is 733 g/mol. The summed E-state index contributed by atoms with van der Waals surface area (Å²) >= 11 is 7.58. The number of thioether (sulfide) groups is 4. The molecular weight excluding hydrogens is 685 g/mol. The number of benzene rings is 2. The van der Waals surface area contributed by atoms with Gasteiger partial charge in [-0.15, -0.1) is 0 Å². The number of rotatable bonds is 4. The average Bonchev–Trinajstić information content (AvgIpc) is 3.12. The molecule has 2 aromatic carbocycles. The Balaban J connectivity index is 1.19. The Morgan fingerprint density at radius 3 is 0.979 bits per heavy atom. The third-order valence-electron chi connectivity index (χ3n) is 8.20. The molecular formula is C36H48N2O6S4-2. The third kappa shape index (κ3) is 11.7. The van der Waals surface area contributed by atoms with Crippen LogP contribution in [0.15, 0.2) is 60.0 Å². The summed E-state index contributed by atoms with van der Waals surface area (Å²) in [6, 6.07) is 15.9. The summed E-state index contributed by atoms with van der Waals surface area (Å²) in [7, 11) is 0. The van der Waals surface area contributed by atoms with E-state index in [0.717, 1.165) is 110 Å². The van der Waals surface area contributed by atoms with Crippen molar-refractivity contribution in [2.24, 2.45) is 0 Å². The number of hydrogen-bond donors (Lipinski definition) is 0. The molecule has 48 heavy (non-hydrogen) atoms. The molecule has 12 heteroatoms. The summed E-state index contributed by atoms with van der Waals surface area (Å²) in [5.74, 6) is 7.58. The van der Waals surface area contributed by atoms with E-state index in [1.165, 1.54) is 0 Å². The van der Waals surface area contributed by atoms with Gasteiger partial charge in [-0.25, -0.2) is 0 Å². The van der Waals surface area contributed by atoms with Crippen LogP contribution in [0.4, 0.5) is 11.4 Å². The van der Waals surface area contributed by atoms with Gasteiger partial charge in [0.1, 0.15) is 0 Å². The van der Waals surface area contributed by atoms with Gasteiger partial charge in [-0.3, -0.25) is 0 Å². The van der Waals surface area contributed by atoms with E-state index in [4.69, 9.17) is 18.9 Å². The summed E-state index contributed by atoms with van der Waals surface area (Å²) in [6.45, 7) is 9.33. The molecule has 0 amide bonds. The van der Waals surface area contributed by atoms with Crippen LogP contribution in [0.1, 0.15) is 11.1 Å². The Morgan fingerprint density at radius 1 is 0.396 bits per heavy atom. The van der Waals surface area contributed by atoms with E-state index in [0.29, 0.717) is 37.6 Å². The zero-order valence-corrected chi connectivity index (χ0v) is 31.0. The van der Waals surface area contributed by atoms with Gasteiger partial charge in [0, 0.05) is 83.6 Å². The molecule has 0 saturated carbocycles. The Hall–Kier alpha value is -1.64. The topological polar surface area (TPSA) is 89.5 Å². The molecule has 264 valence electrons. The smallest absolute Gasteiger partial charge is 0.0700 e. The highest BCUT2D eigenvalue weighted by atomic mass is 32.2. The largest absolute Gasteiger partial charge is 0.872 e. The lowest BCUT2D eigenvalue weighted by molar-refractivity contribution is -0.316. The fourth-order valence-electron chi connectivity index (χ4n) is 5.56.